The van der Waals surface area contributed by atoms with Crippen molar-refractivity contribution in [2.24, 2.45) is 18.7 Å². The van der Waals surface area contributed by atoms with Crippen LogP contribution < -0.4 is 10.5 Å². The lowest BCUT2D eigenvalue weighted by atomic mass is 10.1. The minimum absolute atomic E-state index is 0.0169. The molecule has 2 fully saturated rings. The second kappa shape index (κ2) is 7.09. The highest BCUT2D eigenvalue weighted by Crippen LogP contribution is 2.38. The van der Waals surface area contributed by atoms with E-state index in [1.54, 1.807) is 13.3 Å². The highest BCUT2D eigenvalue weighted by molar-refractivity contribution is 6.00. The molecular weight excluding hydrogens is 378 g/mol. The number of fused-ring (bicyclic) bond motifs is 3. The molecule has 3 aromatic rings. The van der Waals surface area contributed by atoms with E-state index < -0.39 is 0 Å². The van der Waals surface area contributed by atoms with Crippen LogP contribution in [-0.4, -0.2) is 51.1 Å². The van der Waals surface area contributed by atoms with E-state index in [1.165, 1.54) is 0 Å². The van der Waals surface area contributed by atoms with Crippen LogP contribution in [0.15, 0.2) is 30.6 Å². The number of hydrogen-bond acceptors (Lipinski definition) is 5. The summed E-state index contributed by atoms with van der Waals surface area (Å²) in [6.07, 6.45) is 6.64. The van der Waals surface area contributed by atoms with Crippen molar-refractivity contribution in [2.45, 2.75) is 38.3 Å². The van der Waals surface area contributed by atoms with Crippen LogP contribution in [0.4, 0.5) is 0 Å². The molecule has 2 aliphatic rings. The molecule has 1 aliphatic heterocycles. The fraction of sp³-hybridized carbons (Fsp3) is 0.435. The van der Waals surface area contributed by atoms with E-state index in [2.05, 4.69) is 11.9 Å². The summed E-state index contributed by atoms with van der Waals surface area (Å²) in [5, 5.41) is 0. The summed E-state index contributed by atoms with van der Waals surface area (Å²) >= 11 is 0. The normalized spacial score (nSPS) is 22.8. The molecule has 1 aliphatic carbocycles. The molecule has 2 bridgehead atoms. The molecule has 3 heterocycles. The minimum Gasteiger partial charge on any atom is -0.494 e. The molecule has 156 valence electrons. The molecule has 1 amide bonds. The largest absolute Gasteiger partial charge is 0.494 e. The van der Waals surface area contributed by atoms with Crippen LogP contribution in [-0.2, 0) is 13.5 Å². The van der Waals surface area contributed by atoms with Crippen molar-refractivity contribution in [1.29, 1.82) is 0 Å². The Balaban J connectivity index is 1.60. The lowest BCUT2D eigenvalue weighted by molar-refractivity contribution is 0.0700. The first-order valence-electron chi connectivity index (χ1n) is 10.6. The van der Waals surface area contributed by atoms with Crippen molar-refractivity contribution < 1.29 is 9.53 Å². The maximum absolute atomic E-state index is 13.3. The molecule has 0 spiro atoms. The predicted octanol–water partition coefficient (Wildman–Crippen LogP) is 2.77. The van der Waals surface area contributed by atoms with Gasteiger partial charge in [0.05, 0.1) is 12.6 Å². The van der Waals surface area contributed by atoms with Gasteiger partial charge in [0.2, 0.25) is 0 Å². The molecule has 3 atom stereocenters. The number of nitrogens with zero attached hydrogens (tertiary/aromatic N) is 4. The van der Waals surface area contributed by atoms with Gasteiger partial charge in [0.15, 0.2) is 0 Å². The highest BCUT2D eigenvalue weighted by Gasteiger charge is 2.46. The van der Waals surface area contributed by atoms with Gasteiger partial charge in [0, 0.05) is 49.2 Å². The van der Waals surface area contributed by atoms with E-state index in [4.69, 9.17) is 15.5 Å². The number of ether oxygens (including phenoxy) is 1. The van der Waals surface area contributed by atoms with Crippen LogP contribution in [0.25, 0.3) is 22.4 Å². The molecule has 1 saturated carbocycles. The number of piperidine rings is 1. The summed E-state index contributed by atoms with van der Waals surface area (Å²) in [5.41, 5.74) is 10.7. The molecule has 0 unspecified atom stereocenters. The molecule has 1 aromatic carbocycles. The molecule has 1 saturated heterocycles. The van der Waals surface area contributed by atoms with E-state index in [9.17, 15) is 4.79 Å². The number of aromatic nitrogens is 3. The SMILES string of the molecule is CCc1cnccc1-c1nc2cc(C(=O)N3C[C@H]4CC[C@@H]3[C@@H]4N)cc(OC)c2n1C. The predicted molar refractivity (Wildman–Crippen MR) is 115 cm³/mol. The summed E-state index contributed by atoms with van der Waals surface area (Å²) in [7, 11) is 3.61. The Bertz CT molecular complexity index is 1140. The zero-order chi connectivity index (χ0) is 21.0. The number of likely N-dealkylation sites (tertiary alicyclic amines) is 1. The first-order chi connectivity index (χ1) is 14.5. The zero-order valence-electron chi connectivity index (χ0n) is 17.6. The number of benzene rings is 1. The van der Waals surface area contributed by atoms with Crippen molar-refractivity contribution >= 4 is 16.9 Å². The number of aryl methyl sites for hydroxylation is 2. The fourth-order valence-electron chi connectivity index (χ4n) is 5.21. The lowest BCUT2D eigenvalue weighted by Crippen LogP contribution is -2.41. The monoisotopic (exact) mass is 405 g/mol. The van der Waals surface area contributed by atoms with Crippen molar-refractivity contribution in [2.75, 3.05) is 13.7 Å². The van der Waals surface area contributed by atoms with Gasteiger partial charge in [0.1, 0.15) is 17.1 Å². The van der Waals surface area contributed by atoms with E-state index in [0.717, 1.165) is 53.8 Å². The van der Waals surface area contributed by atoms with Gasteiger partial charge >= 0.3 is 0 Å². The van der Waals surface area contributed by atoms with Gasteiger partial charge in [-0.15, -0.1) is 0 Å². The molecule has 7 heteroatoms. The third-order valence-electron chi connectivity index (χ3n) is 6.84. The second-order valence-electron chi connectivity index (χ2n) is 8.37. The van der Waals surface area contributed by atoms with Crippen molar-refractivity contribution in [3.05, 3.63) is 41.7 Å². The van der Waals surface area contributed by atoms with Crippen molar-refractivity contribution in [1.82, 2.24) is 19.4 Å². The summed E-state index contributed by atoms with van der Waals surface area (Å²) < 4.78 is 7.71. The number of rotatable bonds is 4. The van der Waals surface area contributed by atoms with Gasteiger partial charge in [-0.05, 0) is 48.9 Å². The summed E-state index contributed by atoms with van der Waals surface area (Å²) in [6, 6.07) is 5.95. The Morgan fingerprint density at radius 1 is 1.33 bits per heavy atom. The third-order valence-corrected chi connectivity index (χ3v) is 6.84. The maximum atomic E-state index is 13.3. The van der Waals surface area contributed by atoms with Crippen molar-refractivity contribution in [3.63, 3.8) is 0 Å². The Morgan fingerprint density at radius 2 is 2.17 bits per heavy atom. The Kier molecular flexibility index (Phi) is 4.50. The minimum atomic E-state index is 0.0169. The van der Waals surface area contributed by atoms with Gasteiger partial charge in [0.25, 0.3) is 5.91 Å². The number of carbonyl (C=O) groups excluding carboxylic acids is 1. The number of imidazole rings is 1. The van der Waals surface area contributed by atoms with Crippen LogP contribution >= 0.6 is 0 Å². The first kappa shape index (κ1) is 19.1. The molecule has 0 radical (unpaired) electrons. The topological polar surface area (TPSA) is 86.3 Å². The van der Waals surface area contributed by atoms with E-state index in [-0.39, 0.29) is 18.0 Å². The number of amides is 1. The highest BCUT2D eigenvalue weighted by atomic mass is 16.5. The number of methoxy groups -OCH3 is 1. The standard InChI is InChI=1S/C23H27N5O2/c1-4-13-11-25-8-7-16(13)22-26-17-9-15(10-19(30-3)21(17)27(22)2)23(29)28-12-14-5-6-18(28)20(14)24/h7-11,14,18,20H,4-6,12,24H2,1-3H3/t14-,18-,20-/m1/s1. The molecule has 2 aromatic heterocycles. The summed E-state index contributed by atoms with van der Waals surface area (Å²) in [5.74, 6) is 1.93. The Labute approximate surface area is 175 Å². The average Bonchev–Trinajstić information content (AvgIpc) is 3.42. The zero-order valence-corrected chi connectivity index (χ0v) is 17.6. The van der Waals surface area contributed by atoms with Crippen LogP contribution in [0.5, 0.6) is 5.75 Å². The average molecular weight is 406 g/mol. The van der Waals surface area contributed by atoms with Gasteiger partial charge in [-0.2, -0.15) is 0 Å². The third kappa shape index (κ3) is 2.72. The lowest BCUT2D eigenvalue weighted by Gasteiger charge is -2.27. The van der Waals surface area contributed by atoms with Gasteiger partial charge in [-0.3, -0.25) is 9.78 Å². The van der Waals surface area contributed by atoms with E-state index in [0.29, 0.717) is 17.2 Å². The smallest absolute Gasteiger partial charge is 0.254 e. The number of nitrogens with two attached hydrogens (primary N) is 1. The second-order valence-corrected chi connectivity index (χ2v) is 8.37. The van der Waals surface area contributed by atoms with Gasteiger partial charge in [-0.25, -0.2) is 4.98 Å². The Morgan fingerprint density at radius 3 is 2.83 bits per heavy atom. The number of hydrogen-bond donors (Lipinski definition) is 1. The number of carbonyl (C=O) groups is 1. The van der Waals surface area contributed by atoms with Gasteiger partial charge in [-0.1, -0.05) is 6.92 Å². The molecule has 30 heavy (non-hydrogen) atoms. The molecular formula is C23H27N5O2. The van der Waals surface area contributed by atoms with Crippen LogP contribution in [0, 0.1) is 5.92 Å². The quantitative estimate of drug-likeness (QED) is 0.721. The fourth-order valence-corrected chi connectivity index (χ4v) is 5.21. The van der Waals surface area contributed by atoms with Crippen LogP contribution in [0.1, 0.15) is 35.7 Å². The first-order valence-corrected chi connectivity index (χ1v) is 10.6. The molecule has 2 N–H and O–H groups in total. The molecule has 7 nitrogen and oxygen atoms in total. The van der Waals surface area contributed by atoms with E-state index in [1.807, 2.05) is 40.9 Å². The van der Waals surface area contributed by atoms with E-state index >= 15 is 0 Å². The van der Waals surface area contributed by atoms with Crippen LogP contribution in [0.2, 0.25) is 0 Å². The maximum Gasteiger partial charge on any atom is 0.254 e. The van der Waals surface area contributed by atoms with Crippen molar-refractivity contribution in [3.8, 4) is 17.1 Å². The summed E-state index contributed by atoms with van der Waals surface area (Å²) in [4.78, 5) is 24.4. The van der Waals surface area contributed by atoms with Crippen LogP contribution in [0.3, 0.4) is 0 Å². The molecule has 5 rings (SSSR count). The van der Waals surface area contributed by atoms with Gasteiger partial charge < -0.3 is 19.9 Å². The summed E-state index contributed by atoms with van der Waals surface area (Å²) in [6.45, 7) is 2.85. The Hall–Kier alpha value is -2.93. The number of pyridine rings is 1.